The first kappa shape index (κ1) is 17.7. The lowest BCUT2D eigenvalue weighted by molar-refractivity contribution is 0.0950. The van der Waals surface area contributed by atoms with Gasteiger partial charge in [0.15, 0.2) is 0 Å². The number of rotatable bonds is 5. The number of nitrogens with zero attached hydrogens (tertiary/aromatic N) is 1. The van der Waals surface area contributed by atoms with E-state index in [2.05, 4.69) is 10.6 Å². The van der Waals surface area contributed by atoms with Crippen molar-refractivity contribution in [3.63, 3.8) is 0 Å². The van der Waals surface area contributed by atoms with Crippen LogP contribution in [0.4, 0.5) is 0 Å². The summed E-state index contributed by atoms with van der Waals surface area (Å²) in [5, 5.41) is 5.98. The largest absolute Gasteiger partial charge is 0.472 e. The van der Waals surface area contributed by atoms with Crippen molar-refractivity contribution in [1.82, 2.24) is 14.9 Å². The van der Waals surface area contributed by atoms with E-state index in [0.717, 1.165) is 5.56 Å². The summed E-state index contributed by atoms with van der Waals surface area (Å²) in [6, 6.07) is 7.91. The number of hydrogen-bond donors (Lipinski definition) is 2. The highest BCUT2D eigenvalue weighted by molar-refractivity contribution is 7.89. The number of hydrogen-bond acceptors (Lipinski definition) is 5. The highest BCUT2D eigenvalue weighted by Crippen LogP contribution is 2.18. The summed E-state index contributed by atoms with van der Waals surface area (Å²) in [5.74, 6) is -0.263. The van der Waals surface area contributed by atoms with Crippen molar-refractivity contribution < 1.29 is 17.6 Å². The normalized spacial score (nSPS) is 18.8. The Morgan fingerprint density at radius 3 is 2.72 bits per heavy atom. The van der Waals surface area contributed by atoms with E-state index in [9.17, 15) is 13.2 Å². The lowest BCUT2D eigenvalue weighted by atomic mass is 10.2. The van der Waals surface area contributed by atoms with Gasteiger partial charge in [0.2, 0.25) is 10.0 Å². The zero-order chi connectivity index (χ0) is 17.9. The molecule has 1 saturated heterocycles. The van der Waals surface area contributed by atoms with E-state index in [4.69, 9.17) is 4.42 Å². The minimum atomic E-state index is -3.54. The smallest absolute Gasteiger partial charge is 0.251 e. The fourth-order valence-electron chi connectivity index (χ4n) is 2.72. The molecule has 0 radical (unpaired) electrons. The zero-order valence-corrected chi connectivity index (χ0v) is 14.8. The van der Waals surface area contributed by atoms with Gasteiger partial charge in [-0.1, -0.05) is 0 Å². The number of carbonyl (C=O) groups excluding carboxylic acids is 1. The number of carbonyl (C=O) groups is 1. The van der Waals surface area contributed by atoms with Gasteiger partial charge < -0.3 is 15.1 Å². The molecule has 1 amide bonds. The number of nitrogens with one attached hydrogen (secondary N) is 2. The van der Waals surface area contributed by atoms with Crippen LogP contribution in [-0.4, -0.2) is 44.3 Å². The summed E-state index contributed by atoms with van der Waals surface area (Å²) in [6.45, 7) is 3.83. The molecule has 0 aliphatic carbocycles. The average molecular weight is 363 g/mol. The minimum absolute atomic E-state index is 0.122. The zero-order valence-electron chi connectivity index (χ0n) is 13.9. The number of benzene rings is 1. The molecule has 1 aromatic carbocycles. The van der Waals surface area contributed by atoms with Gasteiger partial charge >= 0.3 is 0 Å². The monoisotopic (exact) mass is 363 g/mol. The van der Waals surface area contributed by atoms with Gasteiger partial charge in [0.05, 0.1) is 17.4 Å². The molecule has 25 heavy (non-hydrogen) atoms. The van der Waals surface area contributed by atoms with Crippen LogP contribution in [0, 0.1) is 0 Å². The third kappa shape index (κ3) is 4.09. The Morgan fingerprint density at radius 1 is 1.32 bits per heavy atom. The Bertz CT molecular complexity index is 816. The molecular formula is C17H21N3O4S. The molecule has 2 N–H and O–H groups in total. The van der Waals surface area contributed by atoms with Gasteiger partial charge in [0, 0.05) is 43.3 Å². The van der Waals surface area contributed by atoms with E-state index in [1.165, 1.54) is 34.8 Å². The second-order valence-electron chi connectivity index (χ2n) is 6.06. The number of sulfonamides is 1. The van der Waals surface area contributed by atoms with Crippen LogP contribution in [0.1, 0.15) is 22.8 Å². The van der Waals surface area contributed by atoms with Gasteiger partial charge in [-0.05, 0) is 37.3 Å². The van der Waals surface area contributed by atoms with Gasteiger partial charge in [0.25, 0.3) is 5.91 Å². The van der Waals surface area contributed by atoms with Gasteiger partial charge in [0.1, 0.15) is 0 Å². The Kier molecular flexibility index (Phi) is 5.22. The molecule has 1 aromatic heterocycles. The predicted octanol–water partition coefficient (Wildman–Crippen LogP) is 1.19. The van der Waals surface area contributed by atoms with E-state index in [1.807, 2.05) is 6.92 Å². The third-order valence-electron chi connectivity index (χ3n) is 4.12. The quantitative estimate of drug-likeness (QED) is 0.833. The SMILES string of the molecule is C[C@@H]1CN(S(=O)(=O)c2ccc(C(=O)NCc3ccoc3)cc2)CCN1. The molecule has 8 heteroatoms. The summed E-state index contributed by atoms with van der Waals surface area (Å²) in [6.07, 6.45) is 3.10. The first-order valence-corrected chi connectivity index (χ1v) is 9.54. The summed E-state index contributed by atoms with van der Waals surface area (Å²) in [7, 11) is -3.54. The second-order valence-corrected chi connectivity index (χ2v) is 7.99. The molecule has 3 rings (SSSR count). The number of piperazine rings is 1. The molecule has 2 aromatic rings. The second kappa shape index (κ2) is 7.38. The van der Waals surface area contributed by atoms with Crippen molar-refractivity contribution >= 4 is 15.9 Å². The van der Waals surface area contributed by atoms with Crippen LogP contribution in [0.5, 0.6) is 0 Å². The van der Waals surface area contributed by atoms with Crippen LogP contribution >= 0.6 is 0 Å². The average Bonchev–Trinajstić information content (AvgIpc) is 3.13. The van der Waals surface area contributed by atoms with Crippen molar-refractivity contribution in [2.75, 3.05) is 19.6 Å². The van der Waals surface area contributed by atoms with Crippen molar-refractivity contribution in [2.24, 2.45) is 0 Å². The molecule has 0 bridgehead atoms. The van der Waals surface area contributed by atoms with Gasteiger partial charge in [-0.25, -0.2) is 8.42 Å². The molecule has 1 aliphatic rings. The van der Waals surface area contributed by atoms with Crippen LogP contribution in [0.2, 0.25) is 0 Å². The number of furan rings is 1. The van der Waals surface area contributed by atoms with Crippen molar-refractivity contribution in [3.05, 3.63) is 54.0 Å². The summed E-state index contributed by atoms with van der Waals surface area (Å²) >= 11 is 0. The standard InChI is InChI=1S/C17H21N3O4S/c1-13-11-20(8-7-18-13)25(22,23)16-4-2-15(3-5-16)17(21)19-10-14-6-9-24-12-14/h2-6,9,12-13,18H,7-8,10-11H2,1H3,(H,19,21)/t13-/m1/s1. The maximum absolute atomic E-state index is 12.7. The topological polar surface area (TPSA) is 91.7 Å². The summed E-state index contributed by atoms with van der Waals surface area (Å²) in [5.41, 5.74) is 1.27. The van der Waals surface area contributed by atoms with Gasteiger partial charge in [-0.15, -0.1) is 0 Å². The Hall–Kier alpha value is -2.16. The molecule has 0 saturated carbocycles. The summed E-state index contributed by atoms with van der Waals surface area (Å²) in [4.78, 5) is 12.3. The molecule has 7 nitrogen and oxygen atoms in total. The maximum atomic E-state index is 12.7. The molecule has 1 fully saturated rings. The summed E-state index contributed by atoms with van der Waals surface area (Å²) < 4.78 is 31.8. The lowest BCUT2D eigenvalue weighted by Gasteiger charge is -2.31. The van der Waals surface area contributed by atoms with Crippen LogP contribution in [-0.2, 0) is 16.6 Å². The Labute approximate surface area is 147 Å². The van der Waals surface area contributed by atoms with Crippen molar-refractivity contribution in [1.29, 1.82) is 0 Å². The fourth-order valence-corrected chi connectivity index (χ4v) is 4.25. The molecule has 0 spiro atoms. The van der Waals surface area contributed by atoms with Crippen molar-refractivity contribution in [2.45, 2.75) is 24.4 Å². The van der Waals surface area contributed by atoms with Crippen molar-refractivity contribution in [3.8, 4) is 0 Å². The van der Waals surface area contributed by atoms with Crippen LogP contribution in [0.3, 0.4) is 0 Å². The highest BCUT2D eigenvalue weighted by Gasteiger charge is 2.28. The molecule has 134 valence electrons. The first-order chi connectivity index (χ1) is 12.0. The maximum Gasteiger partial charge on any atom is 0.251 e. The molecular weight excluding hydrogens is 342 g/mol. The molecule has 2 heterocycles. The lowest BCUT2D eigenvalue weighted by Crippen LogP contribution is -2.51. The fraction of sp³-hybridized carbons (Fsp3) is 0.353. The molecule has 0 unspecified atom stereocenters. The highest BCUT2D eigenvalue weighted by atomic mass is 32.2. The van der Waals surface area contributed by atoms with E-state index in [-0.39, 0.29) is 16.8 Å². The Morgan fingerprint density at radius 2 is 2.08 bits per heavy atom. The van der Waals surface area contributed by atoms with Crippen LogP contribution < -0.4 is 10.6 Å². The number of amides is 1. The minimum Gasteiger partial charge on any atom is -0.472 e. The molecule has 1 atom stereocenters. The third-order valence-corrected chi connectivity index (χ3v) is 6.00. The van der Waals surface area contributed by atoms with E-state index in [0.29, 0.717) is 31.7 Å². The van der Waals surface area contributed by atoms with Gasteiger partial charge in [-0.2, -0.15) is 4.31 Å². The van der Waals surface area contributed by atoms with E-state index >= 15 is 0 Å². The first-order valence-electron chi connectivity index (χ1n) is 8.10. The molecule has 1 aliphatic heterocycles. The van der Waals surface area contributed by atoms with Gasteiger partial charge in [-0.3, -0.25) is 4.79 Å². The van der Waals surface area contributed by atoms with Crippen LogP contribution in [0.25, 0.3) is 0 Å². The van der Waals surface area contributed by atoms with E-state index < -0.39 is 10.0 Å². The van der Waals surface area contributed by atoms with Crippen LogP contribution in [0.15, 0.2) is 52.2 Å². The van der Waals surface area contributed by atoms with E-state index in [1.54, 1.807) is 12.3 Å². The predicted molar refractivity (Wildman–Crippen MR) is 92.5 cm³/mol. The Balaban J connectivity index is 1.67.